The van der Waals surface area contributed by atoms with Gasteiger partial charge in [0.05, 0.1) is 106 Å². The van der Waals surface area contributed by atoms with Crippen LogP contribution in [0.25, 0.3) is 0 Å². The first-order valence-corrected chi connectivity index (χ1v) is 13.0. The van der Waals surface area contributed by atoms with E-state index in [1.54, 1.807) is 6.92 Å². The maximum Gasteiger partial charge on any atom is 0.220 e. The van der Waals surface area contributed by atoms with Crippen molar-refractivity contribution in [2.24, 2.45) is 0 Å². The lowest BCUT2D eigenvalue weighted by atomic mass is 10.2. The Hall–Kier alpha value is -1.18. The van der Waals surface area contributed by atoms with E-state index < -0.39 is 0 Å². The van der Waals surface area contributed by atoms with Gasteiger partial charge in [0.2, 0.25) is 5.91 Å². The number of nitrogens with one attached hydrogen (secondary N) is 1. The van der Waals surface area contributed by atoms with Gasteiger partial charge in [-0.05, 0) is 13.3 Å². The molecule has 0 aliphatic carbocycles. The highest BCUT2D eigenvalue weighted by atomic mass is 16.6. The Morgan fingerprint density at radius 1 is 0.500 bits per heavy atom. The molecule has 11 nitrogen and oxygen atoms in total. The van der Waals surface area contributed by atoms with E-state index in [9.17, 15) is 9.59 Å². The third-order valence-corrected chi connectivity index (χ3v) is 4.53. The molecule has 0 rings (SSSR count). The molecule has 0 saturated heterocycles. The van der Waals surface area contributed by atoms with Crippen LogP contribution in [0.4, 0.5) is 0 Å². The molecule has 0 aromatic rings. The van der Waals surface area contributed by atoms with Gasteiger partial charge in [0.15, 0.2) is 0 Å². The zero-order valence-electron chi connectivity index (χ0n) is 22.4. The predicted molar refractivity (Wildman–Crippen MR) is 134 cm³/mol. The Morgan fingerprint density at radius 2 is 0.833 bits per heavy atom. The van der Waals surface area contributed by atoms with Gasteiger partial charge in [-0.25, -0.2) is 0 Å². The van der Waals surface area contributed by atoms with E-state index in [-0.39, 0.29) is 11.7 Å². The highest BCUT2D eigenvalue weighted by molar-refractivity contribution is 5.75. The summed E-state index contributed by atoms with van der Waals surface area (Å²) in [5.74, 6) is 0.206. The average molecular weight is 524 g/mol. The second-order valence-corrected chi connectivity index (χ2v) is 7.80. The van der Waals surface area contributed by atoms with Gasteiger partial charge in [0, 0.05) is 19.4 Å². The van der Waals surface area contributed by atoms with E-state index in [1.165, 1.54) is 0 Å². The van der Waals surface area contributed by atoms with Gasteiger partial charge < -0.3 is 43.2 Å². The van der Waals surface area contributed by atoms with Crippen molar-refractivity contribution < 1.29 is 47.5 Å². The highest BCUT2D eigenvalue weighted by Gasteiger charge is 1.99. The van der Waals surface area contributed by atoms with Crippen molar-refractivity contribution >= 4 is 11.7 Å². The van der Waals surface area contributed by atoms with Crippen LogP contribution in [-0.2, 0) is 47.5 Å². The summed E-state index contributed by atoms with van der Waals surface area (Å²) in [6, 6.07) is 0. The van der Waals surface area contributed by atoms with Crippen LogP contribution in [0.2, 0.25) is 0 Å². The Balaban J connectivity index is 3.06. The van der Waals surface area contributed by atoms with Crippen molar-refractivity contribution in [3.63, 3.8) is 0 Å². The molecule has 0 heterocycles. The maximum atomic E-state index is 11.4. The second kappa shape index (κ2) is 30.0. The quantitative estimate of drug-likeness (QED) is 0.138. The summed E-state index contributed by atoms with van der Waals surface area (Å²) < 4.78 is 43.1. The minimum atomic E-state index is 0.0793. The number of amides is 1. The lowest BCUT2D eigenvalue weighted by Gasteiger charge is -2.09. The second-order valence-electron chi connectivity index (χ2n) is 7.80. The van der Waals surface area contributed by atoms with Gasteiger partial charge in [0.1, 0.15) is 5.78 Å². The van der Waals surface area contributed by atoms with Gasteiger partial charge in [-0.1, -0.05) is 13.3 Å². The first-order valence-electron chi connectivity index (χ1n) is 13.0. The smallest absolute Gasteiger partial charge is 0.220 e. The predicted octanol–water partition coefficient (Wildman–Crippen LogP) is 1.40. The SMILES string of the molecule is CCCCC(=O)NCCOCCOCCOCCOCCOCCOCCOCCOCCC(C)=O. The lowest BCUT2D eigenvalue weighted by Crippen LogP contribution is -2.27. The van der Waals surface area contributed by atoms with Crippen molar-refractivity contribution in [3.05, 3.63) is 0 Å². The van der Waals surface area contributed by atoms with Gasteiger partial charge in [-0.2, -0.15) is 0 Å². The van der Waals surface area contributed by atoms with E-state index >= 15 is 0 Å². The highest BCUT2D eigenvalue weighted by Crippen LogP contribution is 1.92. The summed E-state index contributed by atoms with van der Waals surface area (Å²) in [6.07, 6.45) is 2.96. The van der Waals surface area contributed by atoms with Crippen molar-refractivity contribution in [2.75, 3.05) is 112 Å². The molecule has 0 aromatic carbocycles. The molecule has 0 aromatic heterocycles. The molecule has 0 aliphatic rings. The molecule has 1 N–H and O–H groups in total. The Morgan fingerprint density at radius 3 is 1.17 bits per heavy atom. The Kier molecular flexibility index (Phi) is 29.1. The molecule has 1 amide bonds. The monoisotopic (exact) mass is 523 g/mol. The minimum absolute atomic E-state index is 0.0793. The molecule has 0 bridgehead atoms. The van der Waals surface area contributed by atoms with E-state index in [0.29, 0.717) is 125 Å². The molecule has 0 saturated carbocycles. The number of hydrogen-bond acceptors (Lipinski definition) is 10. The van der Waals surface area contributed by atoms with Crippen LogP contribution in [0.1, 0.15) is 39.5 Å². The molecule has 36 heavy (non-hydrogen) atoms. The van der Waals surface area contributed by atoms with Gasteiger partial charge in [0.25, 0.3) is 0 Å². The molecule has 214 valence electrons. The number of hydrogen-bond donors (Lipinski definition) is 1. The lowest BCUT2D eigenvalue weighted by molar-refractivity contribution is -0.121. The third-order valence-electron chi connectivity index (χ3n) is 4.53. The molecule has 0 radical (unpaired) electrons. The Bertz CT molecular complexity index is 482. The number of ketones is 1. The Labute approximate surface area is 216 Å². The van der Waals surface area contributed by atoms with Crippen LogP contribution in [0.5, 0.6) is 0 Å². The van der Waals surface area contributed by atoms with E-state index in [4.69, 9.17) is 37.9 Å². The van der Waals surface area contributed by atoms with Crippen molar-refractivity contribution in [1.82, 2.24) is 5.32 Å². The van der Waals surface area contributed by atoms with E-state index in [2.05, 4.69) is 12.2 Å². The standard InChI is InChI=1S/C25H49NO10/c1-3-4-5-25(28)26-7-9-30-11-13-32-15-17-34-19-21-36-23-22-35-20-18-33-16-14-31-12-10-29-8-6-24(2)27/h3-23H2,1-2H3,(H,26,28). The van der Waals surface area contributed by atoms with Gasteiger partial charge in [-0.3, -0.25) is 9.59 Å². The number of ether oxygens (including phenoxy) is 8. The van der Waals surface area contributed by atoms with Crippen molar-refractivity contribution in [2.45, 2.75) is 39.5 Å². The molecule has 0 aliphatic heterocycles. The molecule has 0 unspecified atom stereocenters. The van der Waals surface area contributed by atoms with Crippen LogP contribution in [0.15, 0.2) is 0 Å². The molecule has 0 spiro atoms. The molecular weight excluding hydrogens is 474 g/mol. The zero-order chi connectivity index (χ0) is 26.4. The molecule has 0 atom stereocenters. The van der Waals surface area contributed by atoms with Gasteiger partial charge >= 0.3 is 0 Å². The fraction of sp³-hybridized carbons (Fsp3) is 0.920. The van der Waals surface area contributed by atoms with Crippen LogP contribution in [0, 0.1) is 0 Å². The first kappa shape index (κ1) is 34.8. The summed E-state index contributed by atoms with van der Waals surface area (Å²) in [4.78, 5) is 22.2. The van der Waals surface area contributed by atoms with Crippen LogP contribution < -0.4 is 5.32 Å². The van der Waals surface area contributed by atoms with Crippen LogP contribution >= 0.6 is 0 Å². The summed E-state index contributed by atoms with van der Waals surface area (Å²) in [5, 5.41) is 2.82. The van der Waals surface area contributed by atoms with Crippen molar-refractivity contribution in [3.8, 4) is 0 Å². The number of carbonyl (C=O) groups excluding carboxylic acids is 2. The van der Waals surface area contributed by atoms with Crippen LogP contribution in [-0.4, -0.2) is 124 Å². The number of carbonyl (C=O) groups is 2. The number of rotatable bonds is 30. The average Bonchev–Trinajstić information content (AvgIpc) is 2.86. The summed E-state index contributed by atoms with van der Waals surface area (Å²) in [7, 11) is 0. The van der Waals surface area contributed by atoms with Crippen LogP contribution in [0.3, 0.4) is 0 Å². The summed E-state index contributed by atoms with van der Waals surface area (Å²) >= 11 is 0. The zero-order valence-corrected chi connectivity index (χ0v) is 22.4. The van der Waals surface area contributed by atoms with E-state index in [1.807, 2.05) is 0 Å². The summed E-state index contributed by atoms with van der Waals surface area (Å²) in [5.41, 5.74) is 0. The fourth-order valence-corrected chi connectivity index (χ4v) is 2.55. The fourth-order valence-electron chi connectivity index (χ4n) is 2.55. The maximum absolute atomic E-state index is 11.4. The molecule has 11 heteroatoms. The molecule has 0 fully saturated rings. The number of Topliss-reactive ketones (excluding diaryl/α,β-unsaturated/α-hetero) is 1. The van der Waals surface area contributed by atoms with Gasteiger partial charge in [-0.15, -0.1) is 0 Å². The normalized spacial score (nSPS) is 11.2. The molecular formula is C25H49NO10. The minimum Gasteiger partial charge on any atom is -0.379 e. The summed E-state index contributed by atoms with van der Waals surface area (Å²) in [6.45, 7) is 12.0. The van der Waals surface area contributed by atoms with E-state index in [0.717, 1.165) is 12.8 Å². The van der Waals surface area contributed by atoms with Crippen molar-refractivity contribution in [1.29, 1.82) is 0 Å². The third kappa shape index (κ3) is 30.9. The topological polar surface area (TPSA) is 120 Å². The first-order chi connectivity index (χ1) is 17.7. The number of unbranched alkanes of at least 4 members (excludes halogenated alkanes) is 1. The largest absolute Gasteiger partial charge is 0.379 e.